The van der Waals surface area contributed by atoms with Gasteiger partial charge >= 0.3 is 5.97 Å². The minimum atomic E-state index is -1.62. The van der Waals surface area contributed by atoms with Crippen molar-refractivity contribution in [2.75, 3.05) is 13.2 Å². The molecule has 82 heavy (non-hydrogen) atoms. The zero-order chi connectivity index (χ0) is 59.6. The van der Waals surface area contributed by atoms with Crippen LogP contribution in [0.4, 0.5) is 0 Å². The van der Waals surface area contributed by atoms with Crippen molar-refractivity contribution in [3.63, 3.8) is 0 Å². The third kappa shape index (κ3) is 45.5. The molecule has 0 aliphatic carbocycles. The van der Waals surface area contributed by atoms with Gasteiger partial charge in [0.1, 0.15) is 24.4 Å². The number of aliphatic hydroxyl groups is 5. The second-order valence-corrected chi connectivity index (χ2v) is 23.6. The van der Waals surface area contributed by atoms with Gasteiger partial charge in [-0.15, -0.1) is 0 Å². The second-order valence-electron chi connectivity index (χ2n) is 23.6. The number of amides is 1. The molecule has 1 aliphatic heterocycles. The van der Waals surface area contributed by atoms with Crippen molar-refractivity contribution < 1.29 is 49.3 Å². The lowest BCUT2D eigenvalue weighted by atomic mass is 9.99. The van der Waals surface area contributed by atoms with Crippen LogP contribution in [0.2, 0.25) is 0 Å². The number of hydrogen-bond acceptors (Lipinski definition) is 10. The number of carbonyl (C=O) groups is 2. The van der Waals surface area contributed by atoms with Gasteiger partial charge in [0.25, 0.3) is 0 Å². The Hall–Kier alpha value is -2.90. The van der Waals surface area contributed by atoms with Crippen LogP contribution in [0.1, 0.15) is 303 Å². The molecule has 11 heteroatoms. The highest BCUT2D eigenvalue weighted by Gasteiger charge is 2.47. The van der Waals surface area contributed by atoms with E-state index in [0.717, 1.165) is 96.3 Å². The number of allylic oxidation sites excluding steroid dienone is 11. The summed E-state index contributed by atoms with van der Waals surface area (Å²) in [7, 11) is 0. The van der Waals surface area contributed by atoms with Gasteiger partial charge in [-0.25, -0.2) is 0 Å². The van der Waals surface area contributed by atoms with Gasteiger partial charge in [-0.1, -0.05) is 273 Å². The molecule has 1 rings (SSSR count). The maximum absolute atomic E-state index is 13.5. The highest BCUT2D eigenvalue weighted by Crippen LogP contribution is 2.26. The van der Waals surface area contributed by atoms with Crippen LogP contribution >= 0.6 is 0 Å². The summed E-state index contributed by atoms with van der Waals surface area (Å²) in [6.07, 6.45) is 65.0. The van der Waals surface area contributed by atoms with Crippen molar-refractivity contribution >= 4 is 11.9 Å². The fourth-order valence-electron chi connectivity index (χ4n) is 10.4. The van der Waals surface area contributed by atoms with Gasteiger partial charge in [-0.3, -0.25) is 9.59 Å². The first-order valence-electron chi connectivity index (χ1n) is 34.2. The minimum absolute atomic E-state index is 0.113. The van der Waals surface area contributed by atoms with Crippen LogP contribution in [0, 0.1) is 0 Å². The predicted molar refractivity (Wildman–Crippen MR) is 343 cm³/mol. The Labute approximate surface area is 502 Å². The molecular weight excluding hydrogens is 1030 g/mol. The quantitative estimate of drug-likeness (QED) is 0.0195. The number of unbranched alkanes of at least 4 members (excludes halogenated alkanes) is 34. The van der Waals surface area contributed by atoms with Crippen LogP contribution < -0.4 is 5.32 Å². The summed E-state index contributed by atoms with van der Waals surface area (Å²) in [5, 5.41) is 57.2. The Morgan fingerprint density at radius 2 is 0.841 bits per heavy atom. The smallest absolute Gasteiger partial charge is 0.306 e. The number of aliphatic hydroxyl groups excluding tert-OH is 5. The molecule has 0 saturated carbocycles. The van der Waals surface area contributed by atoms with Gasteiger partial charge in [0, 0.05) is 6.42 Å². The topological polar surface area (TPSA) is 175 Å². The van der Waals surface area contributed by atoms with Crippen LogP contribution in [0.5, 0.6) is 0 Å². The van der Waals surface area contributed by atoms with E-state index in [-0.39, 0.29) is 19.4 Å². The average molecular weight is 1150 g/mol. The van der Waals surface area contributed by atoms with Crippen LogP contribution in [0.25, 0.3) is 0 Å². The molecule has 8 unspecified atom stereocenters. The van der Waals surface area contributed by atoms with E-state index < -0.39 is 67.4 Å². The maximum Gasteiger partial charge on any atom is 0.306 e. The summed E-state index contributed by atoms with van der Waals surface area (Å²) in [6.45, 7) is 5.75. The molecule has 0 spiro atoms. The lowest BCUT2D eigenvalue weighted by Crippen LogP contribution is -2.61. The van der Waals surface area contributed by atoms with Crippen molar-refractivity contribution in [3.8, 4) is 0 Å². The van der Waals surface area contributed by atoms with Crippen molar-refractivity contribution in [2.45, 2.75) is 352 Å². The molecule has 1 amide bonds. The highest BCUT2D eigenvalue weighted by molar-refractivity contribution is 5.80. The first-order chi connectivity index (χ1) is 40.2. The number of carbonyl (C=O) groups excluding carboxylic acids is 2. The van der Waals surface area contributed by atoms with E-state index in [2.05, 4.69) is 86.8 Å². The predicted octanol–water partition coefficient (Wildman–Crippen LogP) is 17.1. The molecule has 1 heterocycles. The Balaban J connectivity index is 2.60. The van der Waals surface area contributed by atoms with Crippen LogP contribution in [-0.2, 0) is 23.8 Å². The summed E-state index contributed by atoms with van der Waals surface area (Å²) in [5.41, 5.74) is 0. The summed E-state index contributed by atoms with van der Waals surface area (Å²) in [4.78, 5) is 26.6. The van der Waals surface area contributed by atoms with Gasteiger partial charge in [0.2, 0.25) is 5.91 Å². The van der Waals surface area contributed by atoms with E-state index in [1.54, 1.807) is 6.08 Å². The van der Waals surface area contributed by atoms with Gasteiger partial charge in [-0.2, -0.15) is 0 Å². The van der Waals surface area contributed by atoms with Gasteiger partial charge in [0.05, 0.1) is 25.4 Å². The highest BCUT2D eigenvalue weighted by atomic mass is 16.7. The largest absolute Gasteiger partial charge is 0.454 e. The zero-order valence-electron chi connectivity index (χ0n) is 52.9. The Bertz CT molecular complexity index is 1610. The summed E-state index contributed by atoms with van der Waals surface area (Å²) in [6, 6.07) is -1.03. The molecule has 6 N–H and O–H groups in total. The van der Waals surface area contributed by atoms with E-state index in [0.29, 0.717) is 12.8 Å². The van der Waals surface area contributed by atoms with Crippen molar-refractivity contribution in [2.24, 2.45) is 0 Å². The monoisotopic (exact) mass is 1150 g/mol. The van der Waals surface area contributed by atoms with Gasteiger partial charge in [0.15, 0.2) is 12.4 Å². The fourth-order valence-corrected chi connectivity index (χ4v) is 10.4. The van der Waals surface area contributed by atoms with E-state index in [4.69, 9.17) is 14.2 Å². The Morgan fingerprint density at radius 1 is 0.476 bits per heavy atom. The number of esters is 1. The Kier molecular flexibility index (Phi) is 55.0. The molecule has 476 valence electrons. The Morgan fingerprint density at radius 3 is 1.28 bits per heavy atom. The molecule has 0 radical (unpaired) electrons. The van der Waals surface area contributed by atoms with Gasteiger partial charge < -0.3 is 45.1 Å². The second kappa shape index (κ2) is 58.5. The molecule has 0 aromatic heterocycles. The number of nitrogens with one attached hydrogen (secondary N) is 1. The summed E-state index contributed by atoms with van der Waals surface area (Å²) < 4.78 is 17.7. The average Bonchev–Trinajstić information content (AvgIpc) is 3.68. The van der Waals surface area contributed by atoms with E-state index >= 15 is 0 Å². The molecule has 1 fully saturated rings. The number of rotatable bonds is 58. The SMILES string of the molecule is CCCCC/C=C\C/C=C\C/C=C\CCCCCCCCCCCCCC(O)C(=O)NC(COC1OC(CO)C(O)C(O)C1OC(=O)CCCCCCCCC/C=C\C/C=C\CCCCC)C(O)/C=C/CCCCCCCCCCCC. The molecule has 0 aromatic rings. The van der Waals surface area contributed by atoms with Crippen molar-refractivity contribution in [1.29, 1.82) is 0 Å². The molecular formula is C71H127NO10. The fraction of sp³-hybridized carbons (Fsp3) is 0.803. The van der Waals surface area contributed by atoms with Crippen molar-refractivity contribution in [3.05, 3.63) is 72.9 Å². The van der Waals surface area contributed by atoms with Crippen LogP contribution in [-0.4, -0.2) is 99.6 Å². The van der Waals surface area contributed by atoms with Crippen LogP contribution in [0.3, 0.4) is 0 Å². The van der Waals surface area contributed by atoms with E-state index in [1.807, 2.05) is 6.08 Å². The molecule has 1 saturated heterocycles. The molecule has 0 aromatic carbocycles. The minimum Gasteiger partial charge on any atom is -0.454 e. The molecule has 8 atom stereocenters. The molecule has 0 bridgehead atoms. The molecule has 1 aliphatic rings. The summed E-state index contributed by atoms with van der Waals surface area (Å²) in [5.74, 6) is -1.20. The lowest BCUT2D eigenvalue weighted by molar-refractivity contribution is -0.305. The zero-order valence-corrected chi connectivity index (χ0v) is 52.9. The van der Waals surface area contributed by atoms with Crippen molar-refractivity contribution in [1.82, 2.24) is 5.32 Å². The lowest BCUT2D eigenvalue weighted by Gasteiger charge is -2.41. The maximum atomic E-state index is 13.5. The third-order valence-electron chi connectivity index (χ3n) is 15.8. The first kappa shape index (κ1) is 77.1. The molecule has 11 nitrogen and oxygen atoms in total. The summed E-state index contributed by atoms with van der Waals surface area (Å²) >= 11 is 0. The number of hydrogen-bond donors (Lipinski definition) is 6. The number of ether oxygens (including phenoxy) is 3. The van der Waals surface area contributed by atoms with Gasteiger partial charge in [-0.05, 0) is 96.3 Å². The normalized spacial score (nSPS) is 19.0. The first-order valence-corrected chi connectivity index (χ1v) is 34.2. The third-order valence-corrected chi connectivity index (χ3v) is 15.8. The van der Waals surface area contributed by atoms with E-state index in [9.17, 15) is 35.1 Å². The standard InChI is InChI=1S/C71H127NO10/c1-4-7-10-13-16-19-22-25-27-29-30-31-32-33-34-35-37-38-40-43-46-49-52-55-58-64(75)70(79)72-62(63(74)57-54-51-48-45-42-24-21-18-15-12-9-6-3)61-80-71-69(68(78)67(77)65(60-73)81-71)82-66(76)59-56-53-50-47-44-41-39-36-28-26-23-20-17-14-11-8-5-2/h16-17,19-20,25-28,30-31,54,57,62-65,67-69,71,73-75,77-78H,4-15,18,21-24,29,32-53,55-56,58-61H2,1-3H3,(H,72,79)/b19-16-,20-17-,27-25-,28-26-,31-30-,57-54+. The van der Waals surface area contributed by atoms with E-state index in [1.165, 1.54) is 161 Å². The van der Waals surface area contributed by atoms with Crippen LogP contribution in [0.15, 0.2) is 72.9 Å².